The molecule has 4 rings (SSSR count). The van der Waals surface area contributed by atoms with Gasteiger partial charge in [-0.1, -0.05) is 55.5 Å². The minimum absolute atomic E-state index is 0.0145. The van der Waals surface area contributed by atoms with Gasteiger partial charge in [-0.2, -0.15) is 0 Å². The van der Waals surface area contributed by atoms with E-state index in [2.05, 4.69) is 10.6 Å². The Balaban J connectivity index is 1.58. The van der Waals surface area contributed by atoms with Crippen LogP contribution in [0.5, 0.6) is 5.75 Å². The van der Waals surface area contributed by atoms with Crippen molar-refractivity contribution in [3.8, 4) is 5.75 Å². The quantitative estimate of drug-likeness (QED) is 0.284. The van der Waals surface area contributed by atoms with Crippen LogP contribution in [0, 0.1) is 5.92 Å². The summed E-state index contributed by atoms with van der Waals surface area (Å²) in [5.74, 6) is -0.115. The van der Waals surface area contributed by atoms with E-state index in [0.29, 0.717) is 36.7 Å². The highest BCUT2D eigenvalue weighted by molar-refractivity contribution is 6.02. The van der Waals surface area contributed by atoms with Crippen molar-refractivity contribution in [3.63, 3.8) is 0 Å². The summed E-state index contributed by atoms with van der Waals surface area (Å²) in [7, 11) is 1.78. The van der Waals surface area contributed by atoms with E-state index in [1.165, 1.54) is 0 Å². The molecule has 0 fully saturated rings. The Morgan fingerprint density at radius 2 is 1.66 bits per heavy atom. The van der Waals surface area contributed by atoms with Crippen LogP contribution in [-0.4, -0.2) is 84.4 Å². The van der Waals surface area contributed by atoms with E-state index in [4.69, 9.17) is 9.47 Å². The van der Waals surface area contributed by atoms with E-state index in [1.54, 1.807) is 54.1 Å². The van der Waals surface area contributed by atoms with Crippen molar-refractivity contribution in [2.75, 3.05) is 44.0 Å². The van der Waals surface area contributed by atoms with Gasteiger partial charge in [0, 0.05) is 44.0 Å². The fourth-order valence-corrected chi connectivity index (χ4v) is 5.56. The van der Waals surface area contributed by atoms with Gasteiger partial charge in [-0.3, -0.25) is 9.59 Å². The molecule has 4 amide bonds. The highest BCUT2D eigenvalue weighted by Gasteiger charge is 2.31. The number of hydrogen-bond acceptors (Lipinski definition) is 6. The van der Waals surface area contributed by atoms with Gasteiger partial charge >= 0.3 is 6.03 Å². The van der Waals surface area contributed by atoms with Gasteiger partial charge < -0.3 is 35.0 Å². The number of benzene rings is 3. The van der Waals surface area contributed by atoms with Crippen LogP contribution in [0.2, 0.25) is 0 Å². The maximum absolute atomic E-state index is 14.3. The molecule has 0 saturated heterocycles. The fraction of sp³-hybridized carbons (Fsp3) is 0.432. The molecule has 0 bridgehead atoms. The third-order valence-electron chi connectivity index (χ3n) is 8.42. The van der Waals surface area contributed by atoms with Crippen LogP contribution in [0.4, 0.5) is 16.2 Å². The predicted molar refractivity (Wildman–Crippen MR) is 184 cm³/mol. The molecule has 0 saturated carbocycles. The molecule has 10 heteroatoms. The number of fused-ring (bicyclic) bond motifs is 1. The smallest absolute Gasteiger partial charge is 0.323 e. The number of ether oxygens (including phenoxy) is 2. The van der Waals surface area contributed by atoms with Crippen LogP contribution in [-0.2, 0) is 16.0 Å². The lowest BCUT2D eigenvalue weighted by Crippen LogP contribution is -2.48. The summed E-state index contributed by atoms with van der Waals surface area (Å²) >= 11 is 0. The van der Waals surface area contributed by atoms with Gasteiger partial charge in [0.05, 0.1) is 36.8 Å². The van der Waals surface area contributed by atoms with E-state index in [-0.39, 0.29) is 48.7 Å². The number of nitrogens with one attached hydrogen (secondary N) is 2. The summed E-state index contributed by atoms with van der Waals surface area (Å²) in [6.45, 7) is 6.66. The SMILES string of the molecule is C[C@@H]1CCCCO[C@H](CN(C)C(=O)Cc2ccccc2)[C@H](C)CN([C@@H](C)CO)C(=O)c2cc(NC(=O)Nc3ccccc3)ccc2O1. The van der Waals surface area contributed by atoms with E-state index in [1.807, 2.05) is 62.4 Å². The van der Waals surface area contributed by atoms with Crippen molar-refractivity contribution < 1.29 is 29.0 Å². The van der Waals surface area contributed by atoms with E-state index < -0.39 is 12.1 Å². The van der Waals surface area contributed by atoms with Crippen molar-refractivity contribution in [3.05, 3.63) is 90.0 Å². The maximum atomic E-state index is 14.3. The van der Waals surface area contributed by atoms with Gasteiger partial charge in [0.25, 0.3) is 5.91 Å². The molecule has 4 atom stereocenters. The average molecular weight is 645 g/mol. The number of aliphatic hydroxyl groups is 1. The number of carbonyl (C=O) groups excluding carboxylic acids is 3. The van der Waals surface area contributed by atoms with Crippen molar-refractivity contribution in [2.45, 2.75) is 64.7 Å². The van der Waals surface area contributed by atoms with Gasteiger partial charge in [0.1, 0.15) is 5.75 Å². The van der Waals surface area contributed by atoms with E-state index in [9.17, 15) is 19.5 Å². The molecule has 0 spiro atoms. The summed E-state index contributed by atoms with van der Waals surface area (Å²) in [6.07, 6.45) is 2.21. The van der Waals surface area contributed by atoms with E-state index >= 15 is 0 Å². The Morgan fingerprint density at radius 1 is 0.979 bits per heavy atom. The molecule has 3 N–H and O–H groups in total. The fourth-order valence-electron chi connectivity index (χ4n) is 5.56. The average Bonchev–Trinajstić information content (AvgIpc) is 3.06. The number of anilines is 2. The first-order valence-electron chi connectivity index (χ1n) is 16.4. The highest BCUT2D eigenvalue weighted by Crippen LogP contribution is 2.28. The predicted octanol–water partition coefficient (Wildman–Crippen LogP) is 5.83. The van der Waals surface area contributed by atoms with E-state index in [0.717, 1.165) is 24.8 Å². The van der Waals surface area contributed by atoms with Crippen LogP contribution < -0.4 is 15.4 Å². The van der Waals surface area contributed by atoms with Crippen LogP contribution in [0.1, 0.15) is 56.0 Å². The van der Waals surface area contributed by atoms with Crippen LogP contribution in [0.3, 0.4) is 0 Å². The number of para-hydroxylation sites is 1. The van der Waals surface area contributed by atoms with Gasteiger partial charge in [-0.15, -0.1) is 0 Å². The number of nitrogens with zero attached hydrogens (tertiary/aromatic N) is 2. The Morgan fingerprint density at radius 3 is 2.36 bits per heavy atom. The summed E-state index contributed by atoms with van der Waals surface area (Å²) in [4.78, 5) is 43.6. The zero-order valence-electron chi connectivity index (χ0n) is 27.9. The normalized spacial score (nSPS) is 19.8. The first-order chi connectivity index (χ1) is 22.6. The molecule has 252 valence electrons. The zero-order valence-corrected chi connectivity index (χ0v) is 27.9. The van der Waals surface area contributed by atoms with Crippen molar-refractivity contribution in [1.29, 1.82) is 0 Å². The third-order valence-corrected chi connectivity index (χ3v) is 8.42. The van der Waals surface area contributed by atoms with Gasteiger partial charge in [0.15, 0.2) is 0 Å². The van der Waals surface area contributed by atoms with Crippen molar-refractivity contribution in [1.82, 2.24) is 9.80 Å². The van der Waals surface area contributed by atoms with Crippen molar-refractivity contribution in [2.24, 2.45) is 5.92 Å². The molecular formula is C37H48N4O6. The summed E-state index contributed by atoms with van der Waals surface area (Å²) in [5.41, 5.74) is 2.29. The third kappa shape index (κ3) is 10.6. The lowest BCUT2D eigenvalue weighted by molar-refractivity contribution is -0.131. The van der Waals surface area contributed by atoms with Crippen LogP contribution in [0.25, 0.3) is 0 Å². The first-order valence-corrected chi connectivity index (χ1v) is 16.4. The topological polar surface area (TPSA) is 120 Å². The number of urea groups is 1. The minimum atomic E-state index is -0.515. The molecule has 0 radical (unpaired) electrons. The second kappa shape index (κ2) is 17.5. The standard InChI is InChI=1S/C37H48N4O6/c1-26-23-41(27(2)25-42)36(44)32-22-31(39-37(45)38-30-16-9-6-10-17-30)18-19-33(32)47-28(3)13-11-12-20-46-34(26)24-40(4)35(43)21-29-14-7-5-8-15-29/h5-10,14-19,22,26-28,34,42H,11-13,20-21,23-25H2,1-4H3,(H2,38,39,45)/t26-,27+,28-,34-/m1/s1. The Labute approximate surface area is 278 Å². The number of rotatable bonds is 8. The van der Waals surface area contributed by atoms with Crippen molar-refractivity contribution >= 4 is 29.2 Å². The monoisotopic (exact) mass is 644 g/mol. The number of hydrogen-bond donors (Lipinski definition) is 3. The molecule has 3 aromatic rings. The molecule has 47 heavy (non-hydrogen) atoms. The number of carbonyl (C=O) groups is 3. The largest absolute Gasteiger partial charge is 0.490 e. The molecular weight excluding hydrogens is 596 g/mol. The molecule has 1 heterocycles. The Bertz CT molecular complexity index is 1450. The number of likely N-dealkylation sites (N-methyl/N-ethyl adjacent to an activating group) is 1. The maximum Gasteiger partial charge on any atom is 0.323 e. The summed E-state index contributed by atoms with van der Waals surface area (Å²) in [5, 5.41) is 15.8. The molecule has 0 aromatic heterocycles. The van der Waals surface area contributed by atoms with Gasteiger partial charge in [-0.25, -0.2) is 4.79 Å². The van der Waals surface area contributed by atoms with Gasteiger partial charge in [0.2, 0.25) is 5.91 Å². The van der Waals surface area contributed by atoms with Crippen LogP contribution >= 0.6 is 0 Å². The lowest BCUT2D eigenvalue weighted by Gasteiger charge is -2.36. The Hall–Kier alpha value is -4.41. The molecule has 0 unspecified atom stereocenters. The van der Waals surface area contributed by atoms with Crippen LogP contribution in [0.15, 0.2) is 78.9 Å². The Kier molecular flexibility index (Phi) is 13.2. The number of aliphatic hydroxyl groups excluding tert-OH is 1. The second-order valence-corrected chi connectivity index (χ2v) is 12.4. The molecule has 0 aliphatic carbocycles. The first kappa shape index (κ1) is 35.4. The summed E-state index contributed by atoms with van der Waals surface area (Å²) in [6, 6.07) is 22.8. The van der Waals surface area contributed by atoms with Gasteiger partial charge in [-0.05, 0) is 69.0 Å². The highest BCUT2D eigenvalue weighted by atomic mass is 16.5. The molecule has 3 aromatic carbocycles. The molecule has 10 nitrogen and oxygen atoms in total. The number of amides is 4. The molecule has 1 aliphatic rings. The zero-order chi connectivity index (χ0) is 33.8. The lowest BCUT2D eigenvalue weighted by atomic mass is 10.0. The minimum Gasteiger partial charge on any atom is -0.490 e. The summed E-state index contributed by atoms with van der Waals surface area (Å²) < 4.78 is 12.7. The molecule has 1 aliphatic heterocycles. The second-order valence-electron chi connectivity index (χ2n) is 12.4.